The van der Waals surface area contributed by atoms with Crippen molar-refractivity contribution in [2.24, 2.45) is 0 Å². The molecule has 0 aliphatic carbocycles. The van der Waals surface area contributed by atoms with Crippen molar-refractivity contribution in [3.05, 3.63) is 47.7 Å². The van der Waals surface area contributed by atoms with Crippen molar-refractivity contribution in [2.75, 3.05) is 18.0 Å². The van der Waals surface area contributed by atoms with Crippen LogP contribution in [0.4, 0.5) is 5.82 Å². The molecule has 4 heterocycles. The van der Waals surface area contributed by atoms with Crippen LogP contribution in [0.5, 0.6) is 0 Å². The third-order valence-corrected chi connectivity index (χ3v) is 4.74. The SMILES string of the molecule is Cc1cc(N2CCC(NC(=O)c3ccc4[nH]ccc4n3)CC2)nc(C)n1. The van der Waals surface area contributed by atoms with E-state index in [1.54, 1.807) is 6.07 Å². The first-order chi connectivity index (χ1) is 12.6. The lowest BCUT2D eigenvalue weighted by Gasteiger charge is -2.33. The fraction of sp³-hybridized carbons (Fsp3) is 0.368. The molecule has 0 atom stereocenters. The van der Waals surface area contributed by atoms with Crippen molar-refractivity contribution in [3.63, 3.8) is 0 Å². The summed E-state index contributed by atoms with van der Waals surface area (Å²) >= 11 is 0. The van der Waals surface area contributed by atoms with E-state index in [9.17, 15) is 4.79 Å². The Bertz CT molecular complexity index is 922. The van der Waals surface area contributed by atoms with Gasteiger partial charge < -0.3 is 15.2 Å². The number of fused-ring (bicyclic) bond motifs is 1. The molecule has 4 rings (SSSR count). The smallest absolute Gasteiger partial charge is 0.270 e. The summed E-state index contributed by atoms with van der Waals surface area (Å²) in [5, 5.41) is 3.12. The molecule has 3 aromatic heterocycles. The zero-order chi connectivity index (χ0) is 18.1. The van der Waals surface area contributed by atoms with Crippen LogP contribution < -0.4 is 10.2 Å². The number of carbonyl (C=O) groups excluding carboxylic acids is 1. The zero-order valence-electron chi connectivity index (χ0n) is 15.0. The highest BCUT2D eigenvalue weighted by molar-refractivity contribution is 5.94. The van der Waals surface area contributed by atoms with E-state index in [1.165, 1.54) is 0 Å². The quantitative estimate of drug-likeness (QED) is 0.757. The normalized spacial score (nSPS) is 15.4. The molecule has 0 radical (unpaired) electrons. The van der Waals surface area contributed by atoms with Crippen molar-refractivity contribution in [1.29, 1.82) is 0 Å². The predicted molar refractivity (Wildman–Crippen MR) is 100 cm³/mol. The van der Waals surface area contributed by atoms with Crippen molar-refractivity contribution in [3.8, 4) is 0 Å². The van der Waals surface area contributed by atoms with Crippen molar-refractivity contribution in [1.82, 2.24) is 25.3 Å². The van der Waals surface area contributed by atoms with E-state index in [1.807, 2.05) is 38.2 Å². The summed E-state index contributed by atoms with van der Waals surface area (Å²) in [5.74, 6) is 1.65. The number of aryl methyl sites for hydroxylation is 2. The van der Waals surface area contributed by atoms with E-state index in [0.717, 1.165) is 54.3 Å². The number of H-pyrrole nitrogens is 1. The lowest BCUT2D eigenvalue weighted by Crippen LogP contribution is -2.45. The second kappa shape index (κ2) is 6.74. The molecule has 1 aliphatic heterocycles. The standard InChI is InChI=1S/C19H22N6O/c1-12-11-18(22-13(2)21-12)25-9-6-14(7-10-25)23-19(26)17-4-3-15-16(24-17)5-8-20-15/h3-5,8,11,14,20H,6-7,9-10H2,1-2H3,(H,23,26). The second-order valence-electron chi connectivity index (χ2n) is 6.76. The van der Waals surface area contributed by atoms with Crippen molar-refractivity contribution in [2.45, 2.75) is 32.7 Å². The van der Waals surface area contributed by atoms with Gasteiger partial charge in [0.1, 0.15) is 17.3 Å². The van der Waals surface area contributed by atoms with Crippen LogP contribution >= 0.6 is 0 Å². The summed E-state index contributed by atoms with van der Waals surface area (Å²) in [4.78, 5) is 31.1. The lowest BCUT2D eigenvalue weighted by molar-refractivity contribution is 0.0926. The maximum absolute atomic E-state index is 12.5. The number of rotatable bonds is 3. The van der Waals surface area contributed by atoms with Crippen molar-refractivity contribution < 1.29 is 4.79 Å². The molecule has 26 heavy (non-hydrogen) atoms. The number of aromatic nitrogens is 4. The highest BCUT2D eigenvalue weighted by atomic mass is 16.1. The first-order valence-electron chi connectivity index (χ1n) is 8.91. The third kappa shape index (κ3) is 3.37. The molecule has 1 saturated heterocycles. The van der Waals surface area contributed by atoms with Crippen molar-refractivity contribution >= 4 is 22.8 Å². The van der Waals surface area contributed by atoms with Crippen LogP contribution in [-0.4, -0.2) is 45.0 Å². The molecule has 134 valence electrons. The Kier molecular flexibility index (Phi) is 4.28. The molecule has 0 bridgehead atoms. The van der Waals surface area contributed by atoms with Gasteiger partial charge in [-0.1, -0.05) is 0 Å². The van der Waals surface area contributed by atoms with Gasteiger partial charge in [-0.15, -0.1) is 0 Å². The zero-order valence-corrected chi connectivity index (χ0v) is 15.0. The summed E-state index contributed by atoms with van der Waals surface area (Å²) in [7, 11) is 0. The average Bonchev–Trinajstić information content (AvgIpc) is 3.09. The summed E-state index contributed by atoms with van der Waals surface area (Å²) in [6.45, 7) is 5.63. The summed E-state index contributed by atoms with van der Waals surface area (Å²) < 4.78 is 0. The van der Waals surface area contributed by atoms with Crippen LogP contribution in [0.15, 0.2) is 30.5 Å². The maximum Gasteiger partial charge on any atom is 0.270 e. The number of carbonyl (C=O) groups is 1. The summed E-state index contributed by atoms with van der Waals surface area (Å²) in [5.41, 5.74) is 3.18. The lowest BCUT2D eigenvalue weighted by atomic mass is 10.0. The largest absolute Gasteiger partial charge is 0.360 e. The third-order valence-electron chi connectivity index (χ3n) is 4.74. The van der Waals surface area contributed by atoms with Crippen LogP contribution in [0, 0.1) is 13.8 Å². The average molecular weight is 350 g/mol. The van der Waals surface area contributed by atoms with Gasteiger partial charge in [0, 0.05) is 37.1 Å². The van der Waals surface area contributed by atoms with E-state index < -0.39 is 0 Å². The topological polar surface area (TPSA) is 86.8 Å². The first-order valence-corrected chi connectivity index (χ1v) is 8.91. The molecule has 0 saturated carbocycles. The highest BCUT2D eigenvalue weighted by Gasteiger charge is 2.23. The fourth-order valence-corrected chi connectivity index (χ4v) is 3.43. The first kappa shape index (κ1) is 16.5. The summed E-state index contributed by atoms with van der Waals surface area (Å²) in [6.07, 6.45) is 3.60. The number of nitrogens with one attached hydrogen (secondary N) is 2. The Hall–Kier alpha value is -2.96. The Morgan fingerprint density at radius 3 is 2.73 bits per heavy atom. The van der Waals surface area contributed by atoms with Gasteiger partial charge in [0.2, 0.25) is 0 Å². The maximum atomic E-state index is 12.5. The molecule has 0 spiro atoms. The molecule has 7 nitrogen and oxygen atoms in total. The predicted octanol–water partition coefficient (Wildman–Crippen LogP) is 2.37. The number of pyridine rings is 1. The van der Waals surface area contributed by atoms with E-state index >= 15 is 0 Å². The monoisotopic (exact) mass is 350 g/mol. The molecule has 3 aromatic rings. The number of aromatic amines is 1. The molecular formula is C19H22N6O. The molecule has 0 unspecified atom stereocenters. The van der Waals surface area contributed by atoms with Gasteiger partial charge in [0.15, 0.2) is 0 Å². The van der Waals surface area contributed by atoms with Gasteiger partial charge in [0.25, 0.3) is 5.91 Å². The van der Waals surface area contributed by atoms with Crippen LogP contribution in [-0.2, 0) is 0 Å². The minimum absolute atomic E-state index is 0.111. The highest BCUT2D eigenvalue weighted by Crippen LogP contribution is 2.19. The molecule has 1 fully saturated rings. The van der Waals surface area contributed by atoms with Gasteiger partial charge in [-0.2, -0.15) is 0 Å². The van der Waals surface area contributed by atoms with Crippen LogP contribution in [0.2, 0.25) is 0 Å². The Morgan fingerprint density at radius 2 is 1.96 bits per heavy atom. The number of nitrogens with zero attached hydrogens (tertiary/aromatic N) is 4. The summed E-state index contributed by atoms with van der Waals surface area (Å²) in [6, 6.07) is 7.69. The van der Waals surface area contributed by atoms with Gasteiger partial charge in [0.05, 0.1) is 11.0 Å². The van der Waals surface area contributed by atoms with Crippen LogP contribution in [0.3, 0.4) is 0 Å². The van der Waals surface area contributed by atoms with E-state index in [2.05, 4.69) is 30.2 Å². The Labute approximate surface area is 151 Å². The van der Waals surface area contributed by atoms with Gasteiger partial charge >= 0.3 is 0 Å². The molecule has 0 aromatic carbocycles. The molecule has 2 N–H and O–H groups in total. The van der Waals surface area contributed by atoms with Crippen LogP contribution in [0.25, 0.3) is 11.0 Å². The minimum Gasteiger partial charge on any atom is -0.360 e. The number of hydrogen-bond donors (Lipinski definition) is 2. The van der Waals surface area contributed by atoms with E-state index in [0.29, 0.717) is 5.69 Å². The van der Waals surface area contributed by atoms with Crippen LogP contribution in [0.1, 0.15) is 34.8 Å². The van der Waals surface area contributed by atoms with Gasteiger partial charge in [-0.3, -0.25) is 4.79 Å². The second-order valence-corrected chi connectivity index (χ2v) is 6.76. The van der Waals surface area contributed by atoms with E-state index in [4.69, 9.17) is 0 Å². The number of amides is 1. The molecule has 7 heteroatoms. The Morgan fingerprint density at radius 1 is 1.15 bits per heavy atom. The fourth-order valence-electron chi connectivity index (χ4n) is 3.43. The van der Waals surface area contributed by atoms with Gasteiger partial charge in [-0.05, 0) is 44.9 Å². The molecule has 1 aliphatic rings. The Balaban J connectivity index is 1.38. The number of piperidine rings is 1. The number of hydrogen-bond acceptors (Lipinski definition) is 5. The molecular weight excluding hydrogens is 328 g/mol. The van der Waals surface area contributed by atoms with Gasteiger partial charge in [-0.25, -0.2) is 15.0 Å². The van der Waals surface area contributed by atoms with E-state index in [-0.39, 0.29) is 11.9 Å². The minimum atomic E-state index is -0.111. The number of anilines is 1. The molecule has 1 amide bonds.